The Kier molecular flexibility index (Phi) is 5.15. The first-order valence-electron chi connectivity index (χ1n) is 6.86. The van der Waals surface area contributed by atoms with Gasteiger partial charge in [-0.1, -0.05) is 0 Å². The summed E-state index contributed by atoms with van der Waals surface area (Å²) in [6.07, 6.45) is 0. The molecular formula is C14H19FN2O4S. The number of hydrogen-bond acceptors (Lipinski definition) is 4. The zero-order valence-corrected chi connectivity index (χ0v) is 13.3. The van der Waals surface area contributed by atoms with E-state index in [0.717, 1.165) is 12.1 Å². The zero-order chi connectivity index (χ0) is 16.3. The van der Waals surface area contributed by atoms with E-state index in [9.17, 15) is 17.6 Å². The quantitative estimate of drug-likeness (QED) is 0.851. The fraction of sp³-hybridized carbons (Fsp3) is 0.500. The highest BCUT2D eigenvalue weighted by molar-refractivity contribution is 7.89. The van der Waals surface area contributed by atoms with Crippen LogP contribution >= 0.6 is 0 Å². The second-order valence-corrected chi connectivity index (χ2v) is 7.15. The van der Waals surface area contributed by atoms with E-state index >= 15 is 0 Å². The van der Waals surface area contributed by atoms with Crippen LogP contribution in [0.4, 0.5) is 4.39 Å². The number of nitrogens with one attached hydrogen (secondary N) is 1. The molecule has 1 aliphatic heterocycles. The molecule has 2 atom stereocenters. The van der Waals surface area contributed by atoms with Gasteiger partial charge in [0.25, 0.3) is 0 Å². The van der Waals surface area contributed by atoms with Gasteiger partial charge in [0.05, 0.1) is 17.4 Å². The Labute approximate surface area is 129 Å². The van der Waals surface area contributed by atoms with E-state index in [1.54, 1.807) is 0 Å². The SMILES string of the molecule is CNC(=O)C1CN(S(=O)(=O)c2ccc(F)cc2)CC1COC. The highest BCUT2D eigenvalue weighted by Gasteiger charge is 2.42. The van der Waals surface area contributed by atoms with E-state index in [0.29, 0.717) is 6.61 Å². The maximum Gasteiger partial charge on any atom is 0.243 e. The van der Waals surface area contributed by atoms with Crippen LogP contribution < -0.4 is 5.32 Å². The van der Waals surface area contributed by atoms with Crippen LogP contribution in [-0.4, -0.2) is 52.5 Å². The lowest BCUT2D eigenvalue weighted by Crippen LogP contribution is -2.34. The van der Waals surface area contributed by atoms with E-state index in [1.165, 1.54) is 30.6 Å². The Morgan fingerprint density at radius 1 is 1.36 bits per heavy atom. The summed E-state index contributed by atoms with van der Waals surface area (Å²) in [5.41, 5.74) is 0. The molecule has 22 heavy (non-hydrogen) atoms. The van der Waals surface area contributed by atoms with Crippen molar-refractivity contribution in [2.45, 2.75) is 4.90 Å². The zero-order valence-electron chi connectivity index (χ0n) is 12.5. The molecule has 8 heteroatoms. The molecule has 2 unspecified atom stereocenters. The van der Waals surface area contributed by atoms with Crippen LogP contribution in [0.1, 0.15) is 0 Å². The van der Waals surface area contributed by atoms with Crippen LogP contribution in [-0.2, 0) is 19.6 Å². The smallest absolute Gasteiger partial charge is 0.243 e. The fourth-order valence-corrected chi connectivity index (χ4v) is 4.17. The summed E-state index contributed by atoms with van der Waals surface area (Å²) < 4.78 is 44.5. The first kappa shape index (κ1) is 16.9. The standard InChI is InChI=1S/C14H19FN2O4S/c1-16-14(18)13-8-17(7-10(13)9-21-2)22(19,20)12-5-3-11(15)4-6-12/h3-6,10,13H,7-9H2,1-2H3,(H,16,18). The predicted molar refractivity (Wildman–Crippen MR) is 78.1 cm³/mol. The van der Waals surface area contributed by atoms with Crippen LogP contribution in [0.5, 0.6) is 0 Å². The van der Waals surface area contributed by atoms with Crippen molar-refractivity contribution in [1.82, 2.24) is 9.62 Å². The van der Waals surface area contributed by atoms with Crippen LogP contribution in [0.3, 0.4) is 0 Å². The number of benzene rings is 1. The van der Waals surface area contributed by atoms with Gasteiger partial charge < -0.3 is 10.1 Å². The second kappa shape index (κ2) is 6.72. The molecular weight excluding hydrogens is 311 g/mol. The van der Waals surface area contributed by atoms with Crippen molar-refractivity contribution >= 4 is 15.9 Å². The number of sulfonamides is 1. The van der Waals surface area contributed by atoms with E-state index in [1.807, 2.05) is 0 Å². The van der Waals surface area contributed by atoms with Crippen molar-refractivity contribution in [3.63, 3.8) is 0 Å². The lowest BCUT2D eigenvalue weighted by molar-refractivity contribution is -0.125. The van der Waals surface area contributed by atoms with Crippen molar-refractivity contribution < 1.29 is 22.3 Å². The molecule has 0 aromatic heterocycles. The van der Waals surface area contributed by atoms with Crippen molar-refractivity contribution in [2.24, 2.45) is 11.8 Å². The van der Waals surface area contributed by atoms with Gasteiger partial charge in [0.15, 0.2) is 0 Å². The monoisotopic (exact) mass is 330 g/mol. The molecule has 1 N–H and O–H groups in total. The number of nitrogens with zero attached hydrogens (tertiary/aromatic N) is 1. The Morgan fingerprint density at radius 3 is 2.55 bits per heavy atom. The minimum Gasteiger partial charge on any atom is -0.384 e. The van der Waals surface area contributed by atoms with Gasteiger partial charge in [-0.25, -0.2) is 12.8 Å². The van der Waals surface area contributed by atoms with Crippen molar-refractivity contribution in [2.75, 3.05) is 33.9 Å². The first-order valence-corrected chi connectivity index (χ1v) is 8.30. The highest BCUT2D eigenvalue weighted by atomic mass is 32.2. The van der Waals surface area contributed by atoms with Gasteiger partial charge in [0, 0.05) is 33.2 Å². The number of carbonyl (C=O) groups excluding carboxylic acids is 1. The third kappa shape index (κ3) is 3.29. The first-order chi connectivity index (χ1) is 10.4. The molecule has 0 radical (unpaired) electrons. The minimum absolute atomic E-state index is 0.0163. The Morgan fingerprint density at radius 2 is 2.00 bits per heavy atom. The molecule has 0 saturated carbocycles. The maximum atomic E-state index is 13.0. The van der Waals surface area contributed by atoms with Crippen LogP contribution in [0.2, 0.25) is 0 Å². The number of hydrogen-bond donors (Lipinski definition) is 1. The summed E-state index contributed by atoms with van der Waals surface area (Å²) in [5, 5.41) is 2.55. The van der Waals surface area contributed by atoms with Gasteiger partial charge in [0.1, 0.15) is 5.82 Å². The molecule has 1 heterocycles. The summed E-state index contributed by atoms with van der Waals surface area (Å²) in [5.74, 6) is -1.37. The maximum absolute atomic E-state index is 13.0. The number of rotatable bonds is 5. The highest BCUT2D eigenvalue weighted by Crippen LogP contribution is 2.29. The van der Waals surface area contributed by atoms with Crippen LogP contribution in [0.15, 0.2) is 29.2 Å². The Hall–Kier alpha value is -1.51. The van der Waals surface area contributed by atoms with E-state index in [-0.39, 0.29) is 29.8 Å². The summed E-state index contributed by atoms with van der Waals surface area (Å²) >= 11 is 0. The molecule has 1 fully saturated rings. The van der Waals surface area contributed by atoms with Gasteiger partial charge in [-0.2, -0.15) is 4.31 Å². The lowest BCUT2D eigenvalue weighted by atomic mass is 9.96. The van der Waals surface area contributed by atoms with Crippen molar-refractivity contribution in [1.29, 1.82) is 0 Å². The van der Waals surface area contributed by atoms with Crippen molar-refractivity contribution in [3.05, 3.63) is 30.1 Å². The third-order valence-electron chi connectivity index (χ3n) is 3.82. The molecule has 0 spiro atoms. The molecule has 1 aromatic carbocycles. The van der Waals surface area contributed by atoms with Crippen LogP contribution in [0, 0.1) is 17.7 Å². The van der Waals surface area contributed by atoms with E-state index in [4.69, 9.17) is 4.74 Å². The average Bonchev–Trinajstić information content (AvgIpc) is 2.92. The van der Waals surface area contributed by atoms with Gasteiger partial charge in [-0.3, -0.25) is 4.79 Å². The summed E-state index contributed by atoms with van der Waals surface area (Å²) in [6.45, 7) is 0.590. The Bertz CT molecular complexity index is 633. The number of carbonyl (C=O) groups is 1. The number of halogens is 1. The normalized spacial score (nSPS) is 22.7. The second-order valence-electron chi connectivity index (χ2n) is 5.21. The Balaban J connectivity index is 2.25. The molecule has 1 amide bonds. The third-order valence-corrected chi connectivity index (χ3v) is 5.67. The van der Waals surface area contributed by atoms with Crippen molar-refractivity contribution in [3.8, 4) is 0 Å². The lowest BCUT2D eigenvalue weighted by Gasteiger charge is -2.16. The summed E-state index contributed by atoms with van der Waals surface area (Å²) in [7, 11) is -0.721. The topological polar surface area (TPSA) is 75.7 Å². The largest absolute Gasteiger partial charge is 0.384 e. The van der Waals surface area contributed by atoms with E-state index in [2.05, 4.69) is 5.32 Å². The molecule has 1 aromatic rings. The minimum atomic E-state index is -3.75. The molecule has 1 aliphatic rings. The summed E-state index contributed by atoms with van der Waals surface area (Å²) in [6, 6.07) is 4.66. The molecule has 122 valence electrons. The number of amides is 1. The predicted octanol–water partition coefficient (Wildman–Crippen LogP) is 0.455. The van der Waals surface area contributed by atoms with Gasteiger partial charge in [-0.05, 0) is 24.3 Å². The summed E-state index contributed by atoms with van der Waals surface area (Å²) in [4.78, 5) is 11.9. The molecule has 0 aliphatic carbocycles. The molecule has 0 bridgehead atoms. The van der Waals surface area contributed by atoms with Gasteiger partial charge in [-0.15, -0.1) is 0 Å². The fourth-order valence-electron chi connectivity index (χ4n) is 2.65. The molecule has 2 rings (SSSR count). The number of methoxy groups -OCH3 is 1. The molecule has 6 nitrogen and oxygen atoms in total. The number of ether oxygens (including phenoxy) is 1. The van der Waals surface area contributed by atoms with E-state index < -0.39 is 21.8 Å². The van der Waals surface area contributed by atoms with Gasteiger partial charge >= 0.3 is 0 Å². The van der Waals surface area contributed by atoms with Gasteiger partial charge in [0.2, 0.25) is 15.9 Å². The van der Waals surface area contributed by atoms with Crippen LogP contribution in [0.25, 0.3) is 0 Å². The average molecular weight is 330 g/mol. The molecule has 1 saturated heterocycles.